The average molecular weight is 422 g/mol. The van der Waals surface area contributed by atoms with Crippen molar-refractivity contribution in [2.75, 3.05) is 13.1 Å². The summed E-state index contributed by atoms with van der Waals surface area (Å²) in [4.78, 5) is 24.6. The average Bonchev–Trinajstić information content (AvgIpc) is 2.69. The lowest BCUT2D eigenvalue weighted by Crippen LogP contribution is -2.41. The van der Waals surface area contributed by atoms with Crippen LogP contribution in [0.3, 0.4) is 0 Å². The lowest BCUT2D eigenvalue weighted by Gasteiger charge is -2.31. The minimum Gasteiger partial charge on any atom is -0.454 e. The first-order valence-electron chi connectivity index (χ1n) is 10.4. The topological polar surface area (TPSA) is 80.8 Å². The number of carbonyl (C=O) groups is 2. The zero-order chi connectivity index (χ0) is 21.2. The van der Waals surface area contributed by atoms with Crippen molar-refractivity contribution in [2.45, 2.75) is 75.7 Å². The Kier molecular flexibility index (Phi) is 6.48. The molecule has 2 aliphatic rings. The molecule has 1 unspecified atom stereocenters. The lowest BCUT2D eigenvalue weighted by molar-refractivity contribution is -0.161. The second kappa shape index (κ2) is 8.56. The molecule has 0 aromatic heterocycles. The highest BCUT2D eigenvalue weighted by atomic mass is 32.2. The van der Waals surface area contributed by atoms with Crippen molar-refractivity contribution < 1.29 is 22.7 Å². The van der Waals surface area contributed by atoms with E-state index in [1.165, 1.54) is 4.31 Å². The summed E-state index contributed by atoms with van der Waals surface area (Å²) in [6.45, 7) is 6.81. The molecule has 1 heterocycles. The maximum absolute atomic E-state index is 12.9. The Hall–Kier alpha value is -1.73. The molecule has 160 valence electrons. The van der Waals surface area contributed by atoms with Gasteiger partial charge in [0.1, 0.15) is 0 Å². The summed E-state index contributed by atoms with van der Waals surface area (Å²) in [5.41, 5.74) is 1.04. The molecule has 0 spiro atoms. The largest absolute Gasteiger partial charge is 0.454 e. The van der Waals surface area contributed by atoms with Crippen molar-refractivity contribution in [1.82, 2.24) is 4.31 Å². The van der Waals surface area contributed by atoms with Crippen LogP contribution in [-0.2, 0) is 29.8 Å². The van der Waals surface area contributed by atoms with Crippen LogP contribution in [0, 0.1) is 5.92 Å². The molecule has 0 amide bonds. The minimum atomic E-state index is -3.58. The molecule has 2 fully saturated rings. The third-order valence-electron chi connectivity index (χ3n) is 5.90. The number of esters is 1. The van der Waals surface area contributed by atoms with Gasteiger partial charge in [-0.2, -0.15) is 4.31 Å². The maximum atomic E-state index is 12.9. The van der Waals surface area contributed by atoms with Crippen molar-refractivity contribution in [3.05, 3.63) is 29.8 Å². The van der Waals surface area contributed by atoms with E-state index >= 15 is 0 Å². The molecule has 1 aromatic carbocycles. The number of hydrogen-bond donors (Lipinski definition) is 0. The zero-order valence-corrected chi connectivity index (χ0v) is 18.3. The van der Waals surface area contributed by atoms with Crippen molar-refractivity contribution in [3.8, 4) is 0 Å². The summed E-state index contributed by atoms with van der Waals surface area (Å²) in [6.07, 6.45) is 3.05. The Bertz CT molecular complexity index is 846. The molecule has 0 bridgehead atoms. The van der Waals surface area contributed by atoms with Crippen LogP contribution in [0.4, 0.5) is 0 Å². The fraction of sp³-hybridized carbons (Fsp3) is 0.636. The van der Waals surface area contributed by atoms with Crippen LogP contribution in [0.5, 0.6) is 0 Å². The standard InChI is InChI=1S/C22H31NO5S/c1-22(2,3)17-8-10-18(11-9-17)29(26,27)23-14-12-16(13-15-23)21(25)28-20-7-5-4-6-19(20)24/h8-11,16,20H,4-7,12-15H2,1-3H3. The third-order valence-corrected chi connectivity index (χ3v) is 7.82. The van der Waals surface area contributed by atoms with E-state index in [1.807, 2.05) is 12.1 Å². The molecule has 29 heavy (non-hydrogen) atoms. The highest BCUT2D eigenvalue weighted by Gasteiger charge is 2.35. The van der Waals surface area contributed by atoms with Gasteiger partial charge in [-0.3, -0.25) is 9.59 Å². The van der Waals surface area contributed by atoms with Crippen LogP contribution < -0.4 is 0 Å². The van der Waals surface area contributed by atoms with Gasteiger partial charge >= 0.3 is 5.97 Å². The normalized spacial score (nSPS) is 22.4. The Morgan fingerprint density at radius 1 is 1.03 bits per heavy atom. The number of nitrogens with zero attached hydrogens (tertiary/aromatic N) is 1. The van der Waals surface area contributed by atoms with Crippen LogP contribution in [0.2, 0.25) is 0 Å². The van der Waals surface area contributed by atoms with Gasteiger partial charge in [0.05, 0.1) is 10.8 Å². The molecule has 1 aliphatic carbocycles. The molecule has 0 N–H and O–H groups in total. The number of ketones is 1. The first-order chi connectivity index (χ1) is 13.6. The van der Waals surface area contributed by atoms with Crippen LogP contribution in [-0.4, -0.2) is 43.7 Å². The molecular weight excluding hydrogens is 390 g/mol. The number of sulfonamides is 1. The van der Waals surface area contributed by atoms with E-state index in [0.717, 1.165) is 18.4 Å². The van der Waals surface area contributed by atoms with Gasteiger partial charge in [0, 0.05) is 19.5 Å². The van der Waals surface area contributed by atoms with Gasteiger partial charge in [-0.1, -0.05) is 32.9 Å². The molecule has 6 nitrogen and oxygen atoms in total. The summed E-state index contributed by atoms with van der Waals surface area (Å²) in [5, 5.41) is 0. The summed E-state index contributed by atoms with van der Waals surface area (Å²) < 4.78 is 32.8. The number of benzene rings is 1. The number of hydrogen-bond acceptors (Lipinski definition) is 5. The molecule has 1 saturated carbocycles. The quantitative estimate of drug-likeness (QED) is 0.696. The summed E-state index contributed by atoms with van der Waals surface area (Å²) in [7, 11) is -3.58. The van der Waals surface area contributed by atoms with Crippen molar-refractivity contribution in [2.24, 2.45) is 5.92 Å². The van der Waals surface area contributed by atoms with Crippen LogP contribution in [0.25, 0.3) is 0 Å². The minimum absolute atomic E-state index is 0.00307. The molecule has 1 aromatic rings. The van der Waals surface area contributed by atoms with Gasteiger partial charge in [-0.15, -0.1) is 0 Å². The van der Waals surface area contributed by atoms with Gasteiger partial charge < -0.3 is 4.74 Å². The molecule has 7 heteroatoms. The smallest absolute Gasteiger partial charge is 0.309 e. The van der Waals surface area contributed by atoms with E-state index in [2.05, 4.69) is 20.8 Å². The van der Waals surface area contributed by atoms with Gasteiger partial charge in [0.15, 0.2) is 11.9 Å². The SMILES string of the molecule is CC(C)(C)c1ccc(S(=O)(=O)N2CCC(C(=O)OC3CCCCC3=O)CC2)cc1. The summed E-state index contributed by atoms with van der Waals surface area (Å²) in [6, 6.07) is 7.03. The lowest BCUT2D eigenvalue weighted by atomic mass is 9.87. The number of rotatable bonds is 4. The Labute approximate surface area is 173 Å². The number of piperidine rings is 1. The summed E-state index contributed by atoms with van der Waals surface area (Å²) >= 11 is 0. The van der Waals surface area contributed by atoms with E-state index in [9.17, 15) is 18.0 Å². The van der Waals surface area contributed by atoms with Gasteiger partial charge in [-0.05, 0) is 55.2 Å². The number of ether oxygens (including phenoxy) is 1. The predicted molar refractivity (Wildman–Crippen MR) is 110 cm³/mol. The van der Waals surface area contributed by atoms with E-state index in [1.54, 1.807) is 12.1 Å². The monoisotopic (exact) mass is 421 g/mol. The fourth-order valence-electron chi connectivity index (χ4n) is 3.92. The molecular formula is C22H31NO5S. The second-order valence-corrected chi connectivity index (χ2v) is 11.0. The summed E-state index contributed by atoms with van der Waals surface area (Å²) in [5.74, 6) is -0.709. The first-order valence-corrected chi connectivity index (χ1v) is 11.9. The molecule has 0 radical (unpaired) electrons. The van der Waals surface area contributed by atoms with Crippen molar-refractivity contribution >= 4 is 21.8 Å². The first kappa shape index (κ1) is 22.0. The van der Waals surface area contributed by atoms with Gasteiger partial charge in [-0.25, -0.2) is 8.42 Å². The Morgan fingerprint density at radius 2 is 1.66 bits per heavy atom. The van der Waals surface area contributed by atoms with E-state index in [-0.39, 0.29) is 41.1 Å². The highest BCUT2D eigenvalue weighted by Crippen LogP contribution is 2.28. The molecule has 3 rings (SSSR count). The maximum Gasteiger partial charge on any atom is 0.309 e. The highest BCUT2D eigenvalue weighted by molar-refractivity contribution is 7.89. The van der Waals surface area contributed by atoms with Gasteiger partial charge in [0.2, 0.25) is 10.0 Å². The van der Waals surface area contributed by atoms with Crippen molar-refractivity contribution in [1.29, 1.82) is 0 Å². The van der Waals surface area contributed by atoms with Crippen LogP contribution >= 0.6 is 0 Å². The molecule has 1 aliphatic heterocycles. The van der Waals surface area contributed by atoms with Crippen molar-refractivity contribution in [3.63, 3.8) is 0 Å². The second-order valence-electron chi connectivity index (χ2n) is 9.09. The van der Waals surface area contributed by atoms with E-state index in [0.29, 0.717) is 25.7 Å². The Balaban J connectivity index is 1.59. The molecule has 1 atom stereocenters. The van der Waals surface area contributed by atoms with Crippen LogP contribution in [0.1, 0.15) is 64.9 Å². The fourth-order valence-corrected chi connectivity index (χ4v) is 5.39. The Morgan fingerprint density at radius 3 is 2.21 bits per heavy atom. The third kappa shape index (κ3) is 5.07. The number of Topliss-reactive ketones (excluding diaryl/α,β-unsaturated/α-hetero) is 1. The zero-order valence-electron chi connectivity index (χ0n) is 17.5. The predicted octanol–water partition coefficient (Wildman–Crippen LogP) is 3.44. The van der Waals surface area contributed by atoms with Gasteiger partial charge in [0.25, 0.3) is 0 Å². The molecule has 1 saturated heterocycles. The van der Waals surface area contributed by atoms with E-state index in [4.69, 9.17) is 4.74 Å². The number of carbonyl (C=O) groups excluding carboxylic acids is 2. The van der Waals surface area contributed by atoms with E-state index < -0.39 is 16.1 Å². The van der Waals surface area contributed by atoms with Crippen LogP contribution in [0.15, 0.2) is 29.2 Å².